The number of fused-ring (bicyclic) bond motifs is 1. The van der Waals surface area contributed by atoms with Gasteiger partial charge in [-0.05, 0) is 22.9 Å². The van der Waals surface area contributed by atoms with Gasteiger partial charge >= 0.3 is 0 Å². The zero-order chi connectivity index (χ0) is 11.5. The van der Waals surface area contributed by atoms with Gasteiger partial charge in [-0.3, -0.25) is 0 Å². The SMILES string of the molecule is CC(C)SCc1cc2c(CN)cccc2[nH]1. The molecule has 0 aliphatic carbocycles. The van der Waals surface area contributed by atoms with Gasteiger partial charge in [-0.15, -0.1) is 0 Å². The lowest BCUT2D eigenvalue weighted by molar-refractivity contribution is 1.09. The van der Waals surface area contributed by atoms with Gasteiger partial charge in [0, 0.05) is 28.9 Å². The van der Waals surface area contributed by atoms with Crippen molar-refractivity contribution in [1.29, 1.82) is 0 Å². The summed E-state index contributed by atoms with van der Waals surface area (Å²) in [5, 5.41) is 1.93. The van der Waals surface area contributed by atoms with Gasteiger partial charge in [-0.25, -0.2) is 0 Å². The average molecular weight is 234 g/mol. The Labute approximate surface area is 101 Å². The van der Waals surface area contributed by atoms with E-state index < -0.39 is 0 Å². The van der Waals surface area contributed by atoms with Crippen LogP contribution in [0, 0.1) is 0 Å². The van der Waals surface area contributed by atoms with Crippen LogP contribution in [0.2, 0.25) is 0 Å². The van der Waals surface area contributed by atoms with Gasteiger partial charge in [0.25, 0.3) is 0 Å². The van der Waals surface area contributed by atoms with Crippen LogP contribution in [0.5, 0.6) is 0 Å². The summed E-state index contributed by atoms with van der Waals surface area (Å²) in [6.45, 7) is 5.04. The highest BCUT2D eigenvalue weighted by Crippen LogP contribution is 2.23. The van der Waals surface area contributed by atoms with Crippen molar-refractivity contribution in [3.8, 4) is 0 Å². The molecule has 1 aromatic heterocycles. The van der Waals surface area contributed by atoms with E-state index in [0.29, 0.717) is 11.8 Å². The van der Waals surface area contributed by atoms with Gasteiger partial charge < -0.3 is 10.7 Å². The molecule has 0 fully saturated rings. The van der Waals surface area contributed by atoms with E-state index in [9.17, 15) is 0 Å². The minimum absolute atomic E-state index is 0.603. The van der Waals surface area contributed by atoms with E-state index in [1.807, 2.05) is 11.8 Å². The summed E-state index contributed by atoms with van der Waals surface area (Å²) < 4.78 is 0. The second-order valence-electron chi connectivity index (χ2n) is 4.24. The van der Waals surface area contributed by atoms with Gasteiger partial charge in [0.05, 0.1) is 0 Å². The number of thioether (sulfide) groups is 1. The molecule has 2 rings (SSSR count). The van der Waals surface area contributed by atoms with Crippen LogP contribution in [0.3, 0.4) is 0 Å². The molecule has 1 aromatic carbocycles. The standard InChI is InChI=1S/C13H18N2S/c1-9(2)16-8-11-6-12-10(7-14)4-3-5-13(12)15-11/h3-6,9,15H,7-8,14H2,1-2H3. The molecule has 0 radical (unpaired) electrons. The maximum atomic E-state index is 5.73. The monoisotopic (exact) mass is 234 g/mol. The molecule has 0 amide bonds. The summed E-state index contributed by atoms with van der Waals surface area (Å²) in [5.74, 6) is 1.04. The first-order valence-corrected chi connectivity index (χ1v) is 6.66. The van der Waals surface area contributed by atoms with E-state index in [1.165, 1.54) is 22.2 Å². The Hall–Kier alpha value is -0.930. The van der Waals surface area contributed by atoms with Crippen LogP contribution in [-0.2, 0) is 12.3 Å². The van der Waals surface area contributed by atoms with E-state index >= 15 is 0 Å². The summed E-state index contributed by atoms with van der Waals surface area (Å²) >= 11 is 1.95. The Morgan fingerprint density at radius 2 is 2.19 bits per heavy atom. The Morgan fingerprint density at radius 3 is 2.88 bits per heavy atom. The largest absolute Gasteiger partial charge is 0.358 e. The van der Waals surface area contributed by atoms with Crippen molar-refractivity contribution in [3.05, 3.63) is 35.5 Å². The van der Waals surface area contributed by atoms with Crippen molar-refractivity contribution < 1.29 is 0 Å². The molecule has 3 heteroatoms. The van der Waals surface area contributed by atoms with Gasteiger partial charge in [0.1, 0.15) is 0 Å². The second kappa shape index (κ2) is 4.93. The summed E-state index contributed by atoms with van der Waals surface area (Å²) in [7, 11) is 0. The first kappa shape index (κ1) is 11.6. The number of aromatic amines is 1. The lowest BCUT2D eigenvalue weighted by Crippen LogP contribution is -1.95. The second-order valence-corrected chi connectivity index (χ2v) is 5.80. The third-order valence-corrected chi connectivity index (χ3v) is 3.75. The molecule has 0 unspecified atom stereocenters. The van der Waals surface area contributed by atoms with Gasteiger partial charge in [-0.1, -0.05) is 26.0 Å². The molecule has 0 aliphatic heterocycles. The Bertz CT molecular complexity index is 474. The molecular weight excluding hydrogens is 216 g/mol. The highest BCUT2D eigenvalue weighted by atomic mass is 32.2. The first-order valence-electron chi connectivity index (χ1n) is 5.62. The van der Waals surface area contributed by atoms with Crippen molar-refractivity contribution in [2.75, 3.05) is 0 Å². The number of nitrogens with one attached hydrogen (secondary N) is 1. The van der Waals surface area contributed by atoms with E-state index in [2.05, 4.69) is 43.1 Å². The molecule has 1 heterocycles. The molecule has 0 aliphatic rings. The van der Waals surface area contributed by atoms with E-state index in [-0.39, 0.29) is 0 Å². The molecule has 86 valence electrons. The van der Waals surface area contributed by atoms with Crippen LogP contribution < -0.4 is 5.73 Å². The molecule has 3 N–H and O–H groups in total. The van der Waals surface area contributed by atoms with Crippen LogP contribution in [0.4, 0.5) is 0 Å². The molecular formula is C13H18N2S. The number of benzene rings is 1. The predicted octanol–water partition coefficient (Wildman–Crippen LogP) is 3.27. The minimum atomic E-state index is 0.603. The number of hydrogen-bond acceptors (Lipinski definition) is 2. The smallest absolute Gasteiger partial charge is 0.0459 e. The minimum Gasteiger partial charge on any atom is -0.358 e. The molecule has 0 saturated carbocycles. The average Bonchev–Trinajstić information content (AvgIpc) is 2.68. The number of rotatable bonds is 4. The summed E-state index contributed by atoms with van der Waals surface area (Å²) in [4.78, 5) is 3.45. The van der Waals surface area contributed by atoms with Crippen molar-refractivity contribution in [3.63, 3.8) is 0 Å². The zero-order valence-corrected chi connectivity index (χ0v) is 10.6. The normalized spacial score (nSPS) is 11.5. The van der Waals surface area contributed by atoms with Crippen LogP contribution in [0.25, 0.3) is 10.9 Å². The Kier molecular flexibility index (Phi) is 3.56. The van der Waals surface area contributed by atoms with E-state index in [4.69, 9.17) is 5.73 Å². The van der Waals surface area contributed by atoms with E-state index in [0.717, 1.165) is 5.75 Å². The van der Waals surface area contributed by atoms with E-state index in [1.54, 1.807) is 0 Å². The summed E-state index contributed by atoms with van der Waals surface area (Å²) in [5.41, 5.74) is 9.43. The number of H-pyrrole nitrogens is 1. The predicted molar refractivity (Wildman–Crippen MR) is 72.6 cm³/mol. The lowest BCUT2D eigenvalue weighted by Gasteiger charge is -2.01. The maximum absolute atomic E-state index is 5.73. The third kappa shape index (κ3) is 2.42. The lowest BCUT2D eigenvalue weighted by atomic mass is 10.1. The Morgan fingerprint density at radius 1 is 1.38 bits per heavy atom. The van der Waals surface area contributed by atoms with Crippen molar-refractivity contribution in [2.24, 2.45) is 5.73 Å². The van der Waals surface area contributed by atoms with Crippen molar-refractivity contribution in [2.45, 2.75) is 31.4 Å². The quantitative estimate of drug-likeness (QED) is 0.852. The number of aromatic nitrogens is 1. The van der Waals surface area contributed by atoms with Crippen LogP contribution in [-0.4, -0.2) is 10.2 Å². The fourth-order valence-electron chi connectivity index (χ4n) is 1.79. The highest BCUT2D eigenvalue weighted by Gasteiger charge is 2.05. The molecule has 0 bridgehead atoms. The first-order chi connectivity index (χ1) is 7.70. The molecule has 16 heavy (non-hydrogen) atoms. The maximum Gasteiger partial charge on any atom is 0.0459 e. The van der Waals surface area contributed by atoms with Crippen molar-refractivity contribution >= 4 is 22.7 Å². The van der Waals surface area contributed by atoms with Crippen LogP contribution >= 0.6 is 11.8 Å². The molecule has 0 atom stereocenters. The van der Waals surface area contributed by atoms with Crippen LogP contribution in [0.1, 0.15) is 25.1 Å². The molecule has 2 aromatic rings. The fraction of sp³-hybridized carbons (Fsp3) is 0.385. The van der Waals surface area contributed by atoms with Gasteiger partial charge in [-0.2, -0.15) is 11.8 Å². The van der Waals surface area contributed by atoms with Gasteiger partial charge in [0.15, 0.2) is 0 Å². The summed E-state index contributed by atoms with van der Waals surface area (Å²) in [6.07, 6.45) is 0. The Balaban J connectivity index is 2.29. The van der Waals surface area contributed by atoms with Crippen molar-refractivity contribution in [1.82, 2.24) is 4.98 Å². The number of nitrogens with two attached hydrogens (primary N) is 1. The zero-order valence-electron chi connectivity index (χ0n) is 9.79. The number of hydrogen-bond donors (Lipinski definition) is 2. The van der Waals surface area contributed by atoms with Crippen LogP contribution in [0.15, 0.2) is 24.3 Å². The fourth-order valence-corrected chi connectivity index (χ4v) is 2.46. The summed E-state index contributed by atoms with van der Waals surface area (Å²) in [6, 6.07) is 8.49. The third-order valence-electron chi connectivity index (χ3n) is 2.60. The van der Waals surface area contributed by atoms with Gasteiger partial charge in [0.2, 0.25) is 0 Å². The molecule has 2 nitrogen and oxygen atoms in total. The molecule has 0 spiro atoms. The molecule has 0 saturated heterocycles. The highest BCUT2D eigenvalue weighted by molar-refractivity contribution is 7.99. The topological polar surface area (TPSA) is 41.8 Å².